The van der Waals surface area contributed by atoms with Crippen molar-refractivity contribution in [2.24, 2.45) is 7.05 Å². The number of hydrogen-bond donors (Lipinski definition) is 1. The molecule has 0 saturated carbocycles. The predicted octanol–water partition coefficient (Wildman–Crippen LogP) is 2.52. The van der Waals surface area contributed by atoms with Gasteiger partial charge >= 0.3 is 0 Å². The van der Waals surface area contributed by atoms with E-state index >= 15 is 0 Å². The lowest BCUT2D eigenvalue weighted by atomic mass is 10.1. The van der Waals surface area contributed by atoms with Crippen LogP contribution in [0.15, 0.2) is 4.79 Å². The molecule has 0 saturated heterocycles. The monoisotopic (exact) mass is 372 g/mol. The zero-order chi connectivity index (χ0) is 14.3. The largest absolute Gasteiger partial charge is 0.305 e. The lowest BCUT2D eigenvalue weighted by Crippen LogP contribution is -2.17. The van der Waals surface area contributed by atoms with Crippen molar-refractivity contribution in [1.29, 1.82) is 0 Å². The zero-order valence-corrected chi connectivity index (χ0v) is 13.9. The molecular weight excluding hydrogens is 355 g/mol. The van der Waals surface area contributed by atoms with Crippen LogP contribution >= 0.6 is 22.6 Å². The third kappa shape index (κ3) is 2.45. The molecule has 0 aliphatic carbocycles. The van der Waals surface area contributed by atoms with Crippen LogP contribution in [0.3, 0.4) is 0 Å². The SMILES string of the molecule is Cc1nn(C)c(C)c1-c1nc(C(C)C)c(I)c(=O)[nH]1. The Kier molecular flexibility index (Phi) is 3.80. The van der Waals surface area contributed by atoms with Gasteiger partial charge in [0.2, 0.25) is 0 Å². The molecule has 2 aromatic rings. The summed E-state index contributed by atoms with van der Waals surface area (Å²) in [6.45, 7) is 7.98. The number of hydrogen-bond acceptors (Lipinski definition) is 3. The number of aromatic nitrogens is 4. The fourth-order valence-electron chi connectivity index (χ4n) is 2.09. The van der Waals surface area contributed by atoms with E-state index in [2.05, 4.69) is 37.7 Å². The maximum Gasteiger partial charge on any atom is 0.264 e. The summed E-state index contributed by atoms with van der Waals surface area (Å²) in [7, 11) is 1.89. The summed E-state index contributed by atoms with van der Waals surface area (Å²) < 4.78 is 2.47. The Hall–Kier alpha value is -1.18. The number of halogens is 1. The summed E-state index contributed by atoms with van der Waals surface area (Å²) in [4.78, 5) is 19.5. The van der Waals surface area contributed by atoms with Gasteiger partial charge in [-0.2, -0.15) is 5.10 Å². The van der Waals surface area contributed by atoms with Crippen molar-refractivity contribution in [2.45, 2.75) is 33.6 Å². The van der Waals surface area contributed by atoms with Crippen molar-refractivity contribution in [2.75, 3.05) is 0 Å². The number of rotatable bonds is 2. The maximum atomic E-state index is 12.0. The van der Waals surface area contributed by atoms with Gasteiger partial charge in [-0.05, 0) is 42.4 Å². The third-order valence-electron chi connectivity index (χ3n) is 3.18. The molecule has 0 unspecified atom stereocenters. The zero-order valence-electron chi connectivity index (χ0n) is 11.7. The minimum Gasteiger partial charge on any atom is -0.305 e. The first-order valence-electron chi connectivity index (χ1n) is 6.13. The molecule has 0 spiro atoms. The van der Waals surface area contributed by atoms with Crippen molar-refractivity contribution in [3.63, 3.8) is 0 Å². The summed E-state index contributed by atoms with van der Waals surface area (Å²) in [5, 5.41) is 4.37. The molecule has 0 bridgehead atoms. The van der Waals surface area contributed by atoms with Crippen LogP contribution in [0.25, 0.3) is 11.4 Å². The Morgan fingerprint density at radius 3 is 2.42 bits per heavy atom. The summed E-state index contributed by atoms with van der Waals surface area (Å²) in [5.74, 6) is 0.822. The molecule has 0 aromatic carbocycles. The second-order valence-corrected chi connectivity index (χ2v) is 6.02. The molecule has 19 heavy (non-hydrogen) atoms. The van der Waals surface area contributed by atoms with Gasteiger partial charge in [-0.3, -0.25) is 9.48 Å². The summed E-state index contributed by atoms with van der Waals surface area (Å²) in [6.07, 6.45) is 0. The second kappa shape index (κ2) is 5.07. The lowest BCUT2D eigenvalue weighted by molar-refractivity contribution is 0.731. The van der Waals surface area contributed by atoms with Gasteiger partial charge in [-0.25, -0.2) is 4.98 Å². The van der Waals surface area contributed by atoms with Crippen LogP contribution in [0.4, 0.5) is 0 Å². The van der Waals surface area contributed by atoms with Gasteiger partial charge in [0.15, 0.2) is 0 Å². The van der Waals surface area contributed by atoms with Gasteiger partial charge in [-0.15, -0.1) is 0 Å². The van der Waals surface area contributed by atoms with Crippen molar-refractivity contribution < 1.29 is 0 Å². The first-order chi connectivity index (χ1) is 8.82. The Labute approximate surface area is 125 Å². The average Bonchev–Trinajstić information content (AvgIpc) is 2.56. The minimum atomic E-state index is -0.0862. The number of nitrogens with zero attached hydrogens (tertiary/aromatic N) is 3. The van der Waals surface area contributed by atoms with Crippen LogP contribution < -0.4 is 5.56 Å². The van der Waals surface area contributed by atoms with Gasteiger partial charge in [0.05, 0.1) is 20.5 Å². The second-order valence-electron chi connectivity index (χ2n) is 4.94. The van der Waals surface area contributed by atoms with Gasteiger partial charge < -0.3 is 4.98 Å². The van der Waals surface area contributed by atoms with Gasteiger partial charge in [-0.1, -0.05) is 13.8 Å². The molecule has 0 aliphatic rings. The van der Waals surface area contributed by atoms with Gasteiger partial charge in [0, 0.05) is 12.7 Å². The molecule has 2 rings (SSSR count). The van der Waals surface area contributed by atoms with E-state index in [0.29, 0.717) is 9.39 Å². The predicted molar refractivity (Wildman–Crippen MR) is 83.3 cm³/mol. The first-order valence-corrected chi connectivity index (χ1v) is 7.21. The van der Waals surface area contributed by atoms with E-state index in [1.54, 1.807) is 4.68 Å². The summed E-state index contributed by atoms with van der Waals surface area (Å²) >= 11 is 2.05. The number of aryl methyl sites for hydroxylation is 2. The first kappa shape index (κ1) is 14.2. The Morgan fingerprint density at radius 1 is 1.32 bits per heavy atom. The standard InChI is InChI=1S/C13H17IN4O/c1-6(2)11-10(14)13(19)16-12(15-11)9-7(3)17-18(5)8(9)4/h6H,1-5H3,(H,15,16,19). The smallest absolute Gasteiger partial charge is 0.264 e. The van der Waals surface area contributed by atoms with Crippen LogP contribution in [-0.4, -0.2) is 19.7 Å². The van der Waals surface area contributed by atoms with Crippen LogP contribution in [0.1, 0.15) is 36.8 Å². The molecule has 2 aromatic heterocycles. The quantitative estimate of drug-likeness (QED) is 0.824. The minimum absolute atomic E-state index is 0.0862. The molecule has 0 fully saturated rings. The van der Waals surface area contributed by atoms with E-state index in [-0.39, 0.29) is 11.5 Å². The van der Waals surface area contributed by atoms with E-state index in [1.807, 2.05) is 34.7 Å². The molecule has 1 N–H and O–H groups in total. The molecule has 2 heterocycles. The highest BCUT2D eigenvalue weighted by Crippen LogP contribution is 2.25. The summed E-state index contributed by atoms with van der Waals surface area (Å²) in [6, 6.07) is 0. The van der Waals surface area contributed by atoms with E-state index in [4.69, 9.17) is 0 Å². The Balaban J connectivity index is 2.73. The Morgan fingerprint density at radius 2 is 1.95 bits per heavy atom. The van der Waals surface area contributed by atoms with Crippen molar-refractivity contribution in [3.8, 4) is 11.4 Å². The van der Waals surface area contributed by atoms with Gasteiger partial charge in [0.1, 0.15) is 5.82 Å². The van der Waals surface area contributed by atoms with Crippen LogP contribution in [0, 0.1) is 17.4 Å². The highest BCUT2D eigenvalue weighted by atomic mass is 127. The van der Waals surface area contributed by atoms with Crippen molar-refractivity contribution >= 4 is 22.6 Å². The number of aromatic amines is 1. The normalized spacial score (nSPS) is 11.3. The molecular formula is C13H17IN4O. The van der Waals surface area contributed by atoms with E-state index in [9.17, 15) is 4.79 Å². The lowest BCUT2D eigenvalue weighted by Gasteiger charge is -2.09. The highest BCUT2D eigenvalue weighted by molar-refractivity contribution is 14.1. The average molecular weight is 372 g/mol. The van der Waals surface area contributed by atoms with E-state index in [1.165, 1.54) is 0 Å². The molecule has 0 aliphatic heterocycles. The summed E-state index contributed by atoms with van der Waals surface area (Å²) in [5.41, 5.74) is 3.53. The fourth-order valence-corrected chi connectivity index (χ4v) is 2.97. The van der Waals surface area contributed by atoms with Crippen molar-refractivity contribution in [3.05, 3.63) is 31.0 Å². The maximum absolute atomic E-state index is 12.0. The topological polar surface area (TPSA) is 63.6 Å². The molecule has 0 radical (unpaired) electrons. The number of nitrogens with one attached hydrogen (secondary N) is 1. The van der Waals surface area contributed by atoms with E-state index in [0.717, 1.165) is 22.6 Å². The molecule has 0 amide bonds. The molecule has 0 atom stereocenters. The van der Waals surface area contributed by atoms with Crippen LogP contribution in [0.2, 0.25) is 0 Å². The fraction of sp³-hybridized carbons (Fsp3) is 0.462. The highest BCUT2D eigenvalue weighted by Gasteiger charge is 2.18. The third-order valence-corrected chi connectivity index (χ3v) is 4.22. The molecule has 5 nitrogen and oxygen atoms in total. The van der Waals surface area contributed by atoms with Gasteiger partial charge in [0.25, 0.3) is 5.56 Å². The van der Waals surface area contributed by atoms with Crippen LogP contribution in [0.5, 0.6) is 0 Å². The van der Waals surface area contributed by atoms with Crippen LogP contribution in [-0.2, 0) is 7.05 Å². The van der Waals surface area contributed by atoms with E-state index < -0.39 is 0 Å². The molecule has 6 heteroatoms. The Bertz CT molecular complexity index is 685. The number of H-pyrrole nitrogens is 1. The van der Waals surface area contributed by atoms with Crippen molar-refractivity contribution in [1.82, 2.24) is 19.7 Å². The molecule has 102 valence electrons.